The molecule has 0 aliphatic heterocycles. The van der Waals surface area contributed by atoms with Crippen LogP contribution in [0.25, 0.3) is 0 Å². The van der Waals surface area contributed by atoms with Crippen molar-refractivity contribution in [2.45, 2.75) is 40.0 Å². The van der Waals surface area contributed by atoms with Crippen LogP contribution in [-0.2, 0) is 4.79 Å². The minimum Gasteiger partial charge on any atom is -0.493 e. The molecule has 0 saturated heterocycles. The number of carbonyl (C=O) groups is 1. The Balaban J connectivity index is 1.84. The Morgan fingerprint density at radius 3 is 2.55 bits per heavy atom. The van der Waals surface area contributed by atoms with Crippen molar-refractivity contribution in [2.24, 2.45) is 5.10 Å². The standard InChI is InChI=1S/C23H30N2O4/c1-5-6-7-12-28-21-11-9-19(14-22(21)27-4)15-24-25-23(26)16-29-20-10-8-17(2)13-18(20)3/h8-11,13-15H,5-7,12,16H2,1-4H3,(H,25,26). The summed E-state index contributed by atoms with van der Waals surface area (Å²) < 4.78 is 16.7. The van der Waals surface area contributed by atoms with E-state index < -0.39 is 0 Å². The Hall–Kier alpha value is -3.02. The second-order valence-corrected chi connectivity index (χ2v) is 6.82. The summed E-state index contributed by atoms with van der Waals surface area (Å²) in [5.74, 6) is 1.69. The highest BCUT2D eigenvalue weighted by atomic mass is 16.5. The number of rotatable bonds is 11. The van der Waals surface area contributed by atoms with Crippen LogP contribution in [0, 0.1) is 13.8 Å². The van der Waals surface area contributed by atoms with E-state index in [1.807, 2.05) is 50.2 Å². The number of hydrazone groups is 1. The molecule has 6 nitrogen and oxygen atoms in total. The van der Waals surface area contributed by atoms with Gasteiger partial charge in [0, 0.05) is 0 Å². The molecule has 2 aromatic rings. The summed E-state index contributed by atoms with van der Waals surface area (Å²) in [6.07, 6.45) is 4.86. The first-order valence-electron chi connectivity index (χ1n) is 9.86. The maximum atomic E-state index is 11.9. The lowest BCUT2D eigenvalue weighted by Gasteiger charge is -2.11. The van der Waals surface area contributed by atoms with Gasteiger partial charge in [-0.25, -0.2) is 5.43 Å². The fourth-order valence-electron chi connectivity index (χ4n) is 2.73. The smallest absolute Gasteiger partial charge is 0.277 e. The zero-order valence-corrected chi connectivity index (χ0v) is 17.7. The molecule has 1 amide bonds. The molecule has 0 fully saturated rings. The molecule has 1 N–H and O–H groups in total. The van der Waals surface area contributed by atoms with Gasteiger partial charge in [0.05, 0.1) is 19.9 Å². The van der Waals surface area contributed by atoms with E-state index in [0.717, 1.165) is 36.0 Å². The molecule has 156 valence electrons. The average Bonchev–Trinajstić information content (AvgIpc) is 2.71. The fraction of sp³-hybridized carbons (Fsp3) is 0.391. The number of unbranched alkanes of at least 4 members (excludes halogenated alkanes) is 2. The molecule has 0 radical (unpaired) electrons. The minimum absolute atomic E-state index is 0.102. The molecular weight excluding hydrogens is 368 g/mol. The second-order valence-electron chi connectivity index (χ2n) is 6.82. The van der Waals surface area contributed by atoms with Crippen LogP contribution in [0.3, 0.4) is 0 Å². The summed E-state index contributed by atoms with van der Waals surface area (Å²) in [7, 11) is 1.60. The number of nitrogens with one attached hydrogen (secondary N) is 1. The molecule has 0 aliphatic rings. The summed E-state index contributed by atoms with van der Waals surface area (Å²) in [4.78, 5) is 11.9. The number of carbonyl (C=O) groups excluding carboxylic acids is 1. The van der Waals surface area contributed by atoms with Crippen molar-refractivity contribution in [3.63, 3.8) is 0 Å². The first-order valence-corrected chi connectivity index (χ1v) is 9.86. The number of hydrogen-bond acceptors (Lipinski definition) is 5. The summed E-state index contributed by atoms with van der Waals surface area (Å²) >= 11 is 0. The summed E-state index contributed by atoms with van der Waals surface area (Å²) in [6.45, 7) is 6.67. The third-order valence-electron chi connectivity index (χ3n) is 4.29. The second kappa shape index (κ2) is 11.7. The van der Waals surface area contributed by atoms with Gasteiger partial charge in [-0.05, 0) is 55.7 Å². The van der Waals surface area contributed by atoms with Crippen LogP contribution in [0.2, 0.25) is 0 Å². The highest BCUT2D eigenvalue weighted by Crippen LogP contribution is 2.27. The molecule has 6 heteroatoms. The van der Waals surface area contributed by atoms with E-state index in [2.05, 4.69) is 17.5 Å². The molecule has 29 heavy (non-hydrogen) atoms. The number of amides is 1. The van der Waals surface area contributed by atoms with Crippen molar-refractivity contribution >= 4 is 12.1 Å². The zero-order valence-electron chi connectivity index (χ0n) is 17.7. The number of ether oxygens (including phenoxy) is 3. The fourth-order valence-corrected chi connectivity index (χ4v) is 2.73. The quantitative estimate of drug-likeness (QED) is 0.346. The van der Waals surface area contributed by atoms with Gasteiger partial charge in [-0.3, -0.25) is 4.79 Å². The summed E-state index contributed by atoms with van der Waals surface area (Å²) in [5.41, 5.74) is 5.40. The van der Waals surface area contributed by atoms with Gasteiger partial charge >= 0.3 is 0 Å². The van der Waals surface area contributed by atoms with E-state index in [1.165, 1.54) is 0 Å². The largest absolute Gasteiger partial charge is 0.493 e. The highest BCUT2D eigenvalue weighted by molar-refractivity contribution is 5.83. The number of nitrogens with zero attached hydrogens (tertiary/aromatic N) is 1. The van der Waals surface area contributed by atoms with Crippen LogP contribution < -0.4 is 19.6 Å². The number of aryl methyl sites for hydroxylation is 2. The van der Waals surface area contributed by atoms with Gasteiger partial charge in [-0.15, -0.1) is 0 Å². The van der Waals surface area contributed by atoms with Crippen molar-refractivity contribution in [2.75, 3.05) is 20.3 Å². The molecule has 0 bridgehead atoms. The van der Waals surface area contributed by atoms with E-state index in [0.29, 0.717) is 23.9 Å². The van der Waals surface area contributed by atoms with Crippen LogP contribution in [0.15, 0.2) is 41.5 Å². The van der Waals surface area contributed by atoms with Crippen molar-refractivity contribution in [1.82, 2.24) is 5.43 Å². The number of methoxy groups -OCH3 is 1. The molecule has 0 saturated carbocycles. The van der Waals surface area contributed by atoms with Crippen molar-refractivity contribution in [3.05, 3.63) is 53.1 Å². The molecule has 0 heterocycles. The van der Waals surface area contributed by atoms with E-state index >= 15 is 0 Å². The van der Waals surface area contributed by atoms with E-state index in [-0.39, 0.29) is 12.5 Å². The van der Waals surface area contributed by atoms with Gasteiger partial charge in [-0.2, -0.15) is 5.10 Å². The highest BCUT2D eigenvalue weighted by Gasteiger charge is 2.06. The molecule has 0 spiro atoms. The number of hydrogen-bond donors (Lipinski definition) is 1. The van der Waals surface area contributed by atoms with Crippen LogP contribution in [0.1, 0.15) is 42.9 Å². The van der Waals surface area contributed by atoms with E-state index in [1.54, 1.807) is 13.3 Å². The third-order valence-corrected chi connectivity index (χ3v) is 4.29. The lowest BCUT2D eigenvalue weighted by atomic mass is 10.1. The summed E-state index contributed by atoms with van der Waals surface area (Å²) in [5, 5.41) is 3.98. The van der Waals surface area contributed by atoms with Gasteiger partial charge < -0.3 is 14.2 Å². The maximum absolute atomic E-state index is 11.9. The topological polar surface area (TPSA) is 69.2 Å². The normalized spacial score (nSPS) is 10.8. The van der Waals surface area contributed by atoms with Gasteiger partial charge in [0.25, 0.3) is 5.91 Å². The zero-order chi connectivity index (χ0) is 21.1. The molecular formula is C23H30N2O4. The Morgan fingerprint density at radius 1 is 1.03 bits per heavy atom. The molecule has 0 aliphatic carbocycles. The first-order chi connectivity index (χ1) is 14.0. The third kappa shape index (κ3) is 7.49. The molecule has 0 aromatic heterocycles. The van der Waals surface area contributed by atoms with Crippen molar-refractivity contribution in [3.8, 4) is 17.2 Å². The van der Waals surface area contributed by atoms with Crippen molar-refractivity contribution in [1.29, 1.82) is 0 Å². The predicted molar refractivity (Wildman–Crippen MR) is 115 cm³/mol. The van der Waals surface area contributed by atoms with Crippen LogP contribution in [0.5, 0.6) is 17.2 Å². The Kier molecular flexibility index (Phi) is 9.02. The van der Waals surface area contributed by atoms with Gasteiger partial charge in [0.1, 0.15) is 5.75 Å². The lowest BCUT2D eigenvalue weighted by molar-refractivity contribution is -0.123. The van der Waals surface area contributed by atoms with Gasteiger partial charge in [-0.1, -0.05) is 37.5 Å². The number of benzene rings is 2. The molecule has 0 unspecified atom stereocenters. The monoisotopic (exact) mass is 398 g/mol. The minimum atomic E-state index is -0.330. The average molecular weight is 399 g/mol. The van der Waals surface area contributed by atoms with Crippen LogP contribution >= 0.6 is 0 Å². The Morgan fingerprint density at radius 2 is 1.83 bits per heavy atom. The summed E-state index contributed by atoms with van der Waals surface area (Å²) in [6, 6.07) is 11.3. The first kappa shape index (κ1) is 22.3. The Labute approximate surface area is 172 Å². The van der Waals surface area contributed by atoms with Gasteiger partial charge in [0.2, 0.25) is 0 Å². The lowest BCUT2D eigenvalue weighted by Crippen LogP contribution is -2.24. The molecule has 2 aromatic carbocycles. The van der Waals surface area contributed by atoms with Crippen LogP contribution in [0.4, 0.5) is 0 Å². The molecule has 2 rings (SSSR count). The van der Waals surface area contributed by atoms with Gasteiger partial charge in [0.15, 0.2) is 18.1 Å². The van der Waals surface area contributed by atoms with Crippen LogP contribution in [-0.4, -0.2) is 32.4 Å². The predicted octanol–water partition coefficient (Wildman–Crippen LogP) is 4.41. The maximum Gasteiger partial charge on any atom is 0.277 e. The van der Waals surface area contributed by atoms with Crippen molar-refractivity contribution < 1.29 is 19.0 Å². The van der Waals surface area contributed by atoms with E-state index in [4.69, 9.17) is 14.2 Å². The van der Waals surface area contributed by atoms with E-state index in [9.17, 15) is 4.79 Å². The SMILES string of the molecule is CCCCCOc1ccc(C=NNC(=O)COc2ccc(C)cc2C)cc1OC. The molecule has 0 atom stereocenters. The Bertz CT molecular complexity index is 834.